The van der Waals surface area contributed by atoms with Crippen molar-refractivity contribution in [2.75, 3.05) is 0 Å². The summed E-state index contributed by atoms with van der Waals surface area (Å²) in [4.78, 5) is 3.09. The van der Waals surface area contributed by atoms with Crippen LogP contribution in [0.5, 0.6) is 0 Å². The van der Waals surface area contributed by atoms with E-state index in [2.05, 4.69) is 20.9 Å². The maximum Gasteiger partial charge on any atom is 0.138 e. The summed E-state index contributed by atoms with van der Waals surface area (Å²) in [5, 5.41) is 0. The SMILES string of the molecule is Cc1c[nH]c(-c2ccc(Br)c(F)c2)c1. The number of benzene rings is 1. The summed E-state index contributed by atoms with van der Waals surface area (Å²) in [6.07, 6.45) is 1.90. The molecule has 0 aliphatic rings. The summed E-state index contributed by atoms with van der Waals surface area (Å²) >= 11 is 3.12. The Kier molecular flexibility index (Phi) is 2.42. The van der Waals surface area contributed by atoms with Gasteiger partial charge in [0.25, 0.3) is 0 Å². The van der Waals surface area contributed by atoms with Crippen LogP contribution in [-0.4, -0.2) is 4.98 Å². The Balaban J connectivity index is 2.47. The number of halogens is 2. The van der Waals surface area contributed by atoms with Crippen molar-refractivity contribution in [1.82, 2.24) is 4.98 Å². The predicted molar refractivity (Wildman–Crippen MR) is 58.6 cm³/mol. The lowest BCUT2D eigenvalue weighted by Gasteiger charge is -1.99. The molecule has 14 heavy (non-hydrogen) atoms. The van der Waals surface area contributed by atoms with E-state index in [1.165, 1.54) is 6.07 Å². The molecule has 0 aliphatic heterocycles. The second-order valence-electron chi connectivity index (χ2n) is 3.22. The van der Waals surface area contributed by atoms with Gasteiger partial charge in [-0.3, -0.25) is 0 Å². The molecule has 0 bridgehead atoms. The van der Waals surface area contributed by atoms with Crippen LogP contribution in [0, 0.1) is 12.7 Å². The molecule has 1 nitrogen and oxygen atoms in total. The van der Waals surface area contributed by atoms with E-state index in [9.17, 15) is 4.39 Å². The van der Waals surface area contributed by atoms with Gasteiger partial charge in [0.05, 0.1) is 4.47 Å². The first-order valence-electron chi connectivity index (χ1n) is 4.27. The molecular formula is C11H9BrFN. The number of hydrogen-bond donors (Lipinski definition) is 1. The molecule has 0 spiro atoms. The highest BCUT2D eigenvalue weighted by molar-refractivity contribution is 9.10. The van der Waals surface area contributed by atoms with Gasteiger partial charge in [-0.25, -0.2) is 4.39 Å². The first-order chi connectivity index (χ1) is 6.66. The number of aromatic amines is 1. The largest absolute Gasteiger partial charge is 0.361 e. The van der Waals surface area contributed by atoms with Crippen LogP contribution in [0.25, 0.3) is 11.3 Å². The molecule has 72 valence electrons. The first-order valence-corrected chi connectivity index (χ1v) is 5.06. The third kappa shape index (κ3) is 1.73. The molecule has 2 aromatic rings. The zero-order valence-corrected chi connectivity index (χ0v) is 9.23. The van der Waals surface area contributed by atoms with E-state index in [0.717, 1.165) is 16.8 Å². The second kappa shape index (κ2) is 3.58. The Morgan fingerprint density at radius 1 is 1.29 bits per heavy atom. The van der Waals surface area contributed by atoms with Crippen LogP contribution < -0.4 is 0 Å². The molecule has 0 saturated carbocycles. The van der Waals surface area contributed by atoms with Gasteiger partial charge in [0.2, 0.25) is 0 Å². The van der Waals surface area contributed by atoms with Crippen molar-refractivity contribution < 1.29 is 4.39 Å². The lowest BCUT2D eigenvalue weighted by Crippen LogP contribution is -1.81. The molecule has 1 aromatic heterocycles. The smallest absolute Gasteiger partial charge is 0.138 e. The minimum absolute atomic E-state index is 0.241. The average molecular weight is 254 g/mol. The number of aromatic nitrogens is 1. The van der Waals surface area contributed by atoms with Gasteiger partial charge in [0.1, 0.15) is 5.82 Å². The summed E-state index contributed by atoms with van der Waals surface area (Å²) in [5.41, 5.74) is 2.94. The van der Waals surface area contributed by atoms with Crippen molar-refractivity contribution in [3.05, 3.63) is 46.3 Å². The quantitative estimate of drug-likeness (QED) is 0.794. The number of hydrogen-bond acceptors (Lipinski definition) is 0. The van der Waals surface area contributed by atoms with Gasteiger partial charge in [0, 0.05) is 17.5 Å². The zero-order valence-electron chi connectivity index (χ0n) is 7.64. The molecule has 3 heteroatoms. The summed E-state index contributed by atoms with van der Waals surface area (Å²) in [7, 11) is 0. The van der Waals surface area contributed by atoms with Crippen LogP contribution in [0.1, 0.15) is 5.56 Å². The minimum Gasteiger partial charge on any atom is -0.361 e. The van der Waals surface area contributed by atoms with Gasteiger partial charge in [-0.1, -0.05) is 6.07 Å². The molecular weight excluding hydrogens is 245 g/mol. The standard InChI is InChI=1S/C11H9BrFN/c1-7-4-11(14-6-7)8-2-3-9(12)10(13)5-8/h2-6,14H,1H3. The minimum atomic E-state index is -0.241. The molecule has 0 unspecified atom stereocenters. The van der Waals surface area contributed by atoms with Gasteiger partial charge < -0.3 is 4.98 Å². The van der Waals surface area contributed by atoms with Gasteiger partial charge in [-0.2, -0.15) is 0 Å². The third-order valence-electron chi connectivity index (χ3n) is 2.06. The van der Waals surface area contributed by atoms with Crippen LogP contribution in [0.3, 0.4) is 0 Å². The zero-order chi connectivity index (χ0) is 10.1. The molecule has 1 aromatic carbocycles. The summed E-state index contributed by atoms with van der Waals surface area (Å²) < 4.78 is 13.7. The van der Waals surface area contributed by atoms with Crippen molar-refractivity contribution >= 4 is 15.9 Å². The van der Waals surface area contributed by atoms with E-state index in [0.29, 0.717) is 4.47 Å². The van der Waals surface area contributed by atoms with E-state index in [1.54, 1.807) is 6.07 Å². The highest BCUT2D eigenvalue weighted by Crippen LogP contribution is 2.23. The van der Waals surface area contributed by atoms with E-state index in [-0.39, 0.29) is 5.82 Å². The molecule has 0 amide bonds. The van der Waals surface area contributed by atoms with Gasteiger partial charge in [-0.05, 0) is 46.6 Å². The second-order valence-corrected chi connectivity index (χ2v) is 4.07. The number of aryl methyl sites for hydroxylation is 1. The highest BCUT2D eigenvalue weighted by Gasteiger charge is 2.03. The van der Waals surface area contributed by atoms with Gasteiger partial charge in [-0.15, -0.1) is 0 Å². The Morgan fingerprint density at radius 3 is 2.64 bits per heavy atom. The molecule has 2 rings (SSSR count). The van der Waals surface area contributed by atoms with E-state index in [4.69, 9.17) is 0 Å². The van der Waals surface area contributed by atoms with Gasteiger partial charge in [0.15, 0.2) is 0 Å². The van der Waals surface area contributed by atoms with Crippen molar-refractivity contribution in [2.45, 2.75) is 6.92 Å². The number of rotatable bonds is 1. The molecule has 0 fully saturated rings. The lowest BCUT2D eigenvalue weighted by molar-refractivity contribution is 0.621. The molecule has 0 atom stereocenters. The van der Waals surface area contributed by atoms with Crippen LogP contribution in [0.15, 0.2) is 34.9 Å². The predicted octanol–water partition coefficient (Wildman–Crippen LogP) is 3.89. The Bertz CT molecular complexity index is 462. The van der Waals surface area contributed by atoms with Crippen molar-refractivity contribution in [1.29, 1.82) is 0 Å². The summed E-state index contributed by atoms with van der Waals surface area (Å²) in [6.45, 7) is 2.00. The van der Waals surface area contributed by atoms with Gasteiger partial charge >= 0.3 is 0 Å². The topological polar surface area (TPSA) is 15.8 Å². The third-order valence-corrected chi connectivity index (χ3v) is 2.70. The highest BCUT2D eigenvalue weighted by atomic mass is 79.9. The molecule has 0 radical (unpaired) electrons. The van der Waals surface area contributed by atoms with E-state index < -0.39 is 0 Å². The number of H-pyrrole nitrogens is 1. The van der Waals surface area contributed by atoms with Crippen molar-refractivity contribution in [3.8, 4) is 11.3 Å². The maximum absolute atomic E-state index is 13.2. The van der Waals surface area contributed by atoms with Crippen molar-refractivity contribution in [2.24, 2.45) is 0 Å². The Morgan fingerprint density at radius 2 is 2.07 bits per heavy atom. The molecule has 0 aliphatic carbocycles. The lowest BCUT2D eigenvalue weighted by atomic mass is 10.1. The molecule has 1 heterocycles. The molecule has 0 saturated heterocycles. The van der Waals surface area contributed by atoms with Crippen LogP contribution in [-0.2, 0) is 0 Å². The fraction of sp³-hybridized carbons (Fsp3) is 0.0909. The normalized spacial score (nSPS) is 10.5. The summed E-state index contributed by atoms with van der Waals surface area (Å²) in [6, 6.07) is 7.08. The molecule has 1 N–H and O–H groups in total. The van der Waals surface area contributed by atoms with E-state index >= 15 is 0 Å². The summed E-state index contributed by atoms with van der Waals surface area (Å²) in [5.74, 6) is -0.241. The maximum atomic E-state index is 13.2. The fourth-order valence-corrected chi connectivity index (χ4v) is 1.58. The number of nitrogens with one attached hydrogen (secondary N) is 1. The Labute approximate surface area is 90.1 Å². The Hall–Kier alpha value is -1.09. The van der Waals surface area contributed by atoms with Crippen LogP contribution in [0.4, 0.5) is 4.39 Å². The average Bonchev–Trinajstić information content (AvgIpc) is 2.57. The van der Waals surface area contributed by atoms with Crippen molar-refractivity contribution in [3.63, 3.8) is 0 Å². The monoisotopic (exact) mass is 253 g/mol. The van der Waals surface area contributed by atoms with E-state index in [1.807, 2.05) is 25.3 Å². The fourth-order valence-electron chi connectivity index (χ4n) is 1.33. The van der Waals surface area contributed by atoms with Crippen LogP contribution >= 0.6 is 15.9 Å². The van der Waals surface area contributed by atoms with Crippen LogP contribution in [0.2, 0.25) is 0 Å². The first kappa shape index (κ1) is 9.46.